The summed E-state index contributed by atoms with van der Waals surface area (Å²) >= 11 is 1.44. The Morgan fingerprint density at radius 3 is 2.79 bits per heavy atom. The molecular formula is C15H21F2NS. The molecule has 0 heterocycles. The third-order valence-electron chi connectivity index (χ3n) is 3.77. The lowest BCUT2D eigenvalue weighted by atomic mass is 9.86. The third kappa shape index (κ3) is 4.46. The summed E-state index contributed by atoms with van der Waals surface area (Å²) in [5.74, 6) is 0.569. The van der Waals surface area contributed by atoms with Crippen LogP contribution in [0, 0.1) is 17.6 Å². The number of halogens is 2. The van der Waals surface area contributed by atoms with Crippen LogP contribution in [-0.2, 0) is 0 Å². The molecule has 0 saturated heterocycles. The van der Waals surface area contributed by atoms with E-state index in [1.807, 2.05) is 0 Å². The van der Waals surface area contributed by atoms with Crippen molar-refractivity contribution in [3.63, 3.8) is 0 Å². The van der Waals surface area contributed by atoms with Gasteiger partial charge < -0.3 is 5.32 Å². The highest BCUT2D eigenvalue weighted by Gasteiger charge is 2.20. The first-order chi connectivity index (χ1) is 9.16. The lowest BCUT2D eigenvalue weighted by Gasteiger charge is -2.29. The van der Waals surface area contributed by atoms with Crippen molar-refractivity contribution >= 4 is 11.8 Å². The predicted octanol–water partition coefficient (Wildman–Crippen LogP) is 4.23. The molecule has 0 spiro atoms. The molecule has 1 aromatic rings. The summed E-state index contributed by atoms with van der Waals surface area (Å²) in [5.41, 5.74) is 0. The molecule has 0 radical (unpaired) electrons. The van der Waals surface area contributed by atoms with Gasteiger partial charge in [-0.05, 0) is 30.9 Å². The zero-order valence-corrected chi connectivity index (χ0v) is 12.1. The van der Waals surface area contributed by atoms with Crippen molar-refractivity contribution in [1.29, 1.82) is 0 Å². The van der Waals surface area contributed by atoms with Gasteiger partial charge in [0.2, 0.25) is 0 Å². The lowest BCUT2D eigenvalue weighted by molar-refractivity contribution is 0.285. The molecule has 1 aliphatic rings. The molecule has 0 aliphatic heterocycles. The summed E-state index contributed by atoms with van der Waals surface area (Å²) in [7, 11) is 0. The Labute approximate surface area is 118 Å². The molecule has 1 aliphatic carbocycles. The fraction of sp³-hybridized carbons (Fsp3) is 0.600. The average molecular weight is 285 g/mol. The fourth-order valence-corrected chi connectivity index (χ4v) is 3.42. The van der Waals surface area contributed by atoms with Crippen molar-refractivity contribution in [2.24, 2.45) is 5.92 Å². The van der Waals surface area contributed by atoms with Crippen LogP contribution in [0.25, 0.3) is 0 Å². The number of hydrogen-bond donors (Lipinski definition) is 1. The van der Waals surface area contributed by atoms with Gasteiger partial charge in [0.15, 0.2) is 0 Å². The summed E-state index contributed by atoms with van der Waals surface area (Å²) < 4.78 is 26.2. The Balaban J connectivity index is 1.71. The predicted molar refractivity (Wildman–Crippen MR) is 76.5 cm³/mol. The van der Waals surface area contributed by atoms with Gasteiger partial charge >= 0.3 is 0 Å². The van der Waals surface area contributed by atoms with E-state index in [2.05, 4.69) is 12.2 Å². The molecule has 2 atom stereocenters. The van der Waals surface area contributed by atoms with Crippen molar-refractivity contribution in [3.05, 3.63) is 29.8 Å². The SMILES string of the molecule is CC1CCCCC1NCCSc1ccc(F)cc1F. The molecule has 2 rings (SSSR count). The summed E-state index contributed by atoms with van der Waals surface area (Å²) in [6.45, 7) is 3.17. The third-order valence-corrected chi connectivity index (χ3v) is 4.82. The van der Waals surface area contributed by atoms with Gasteiger partial charge in [0.05, 0.1) is 0 Å². The fourth-order valence-electron chi connectivity index (χ4n) is 2.62. The van der Waals surface area contributed by atoms with Gasteiger partial charge in [0.25, 0.3) is 0 Å². The topological polar surface area (TPSA) is 12.0 Å². The minimum absolute atomic E-state index is 0.462. The van der Waals surface area contributed by atoms with E-state index in [-0.39, 0.29) is 0 Å². The van der Waals surface area contributed by atoms with Crippen LogP contribution < -0.4 is 5.32 Å². The minimum atomic E-state index is -0.518. The number of hydrogen-bond acceptors (Lipinski definition) is 2. The second-order valence-corrected chi connectivity index (χ2v) is 6.38. The van der Waals surface area contributed by atoms with E-state index in [1.165, 1.54) is 49.6 Å². The Kier molecular flexibility index (Phi) is 5.64. The first-order valence-corrected chi connectivity index (χ1v) is 7.96. The van der Waals surface area contributed by atoms with Gasteiger partial charge in [-0.2, -0.15) is 0 Å². The summed E-state index contributed by atoms with van der Waals surface area (Å²) in [5, 5.41) is 3.56. The largest absolute Gasteiger partial charge is 0.313 e. The van der Waals surface area contributed by atoms with E-state index < -0.39 is 11.6 Å². The summed E-state index contributed by atoms with van der Waals surface area (Å²) in [6, 6.07) is 4.37. The van der Waals surface area contributed by atoms with Crippen molar-refractivity contribution < 1.29 is 8.78 Å². The van der Waals surface area contributed by atoms with Crippen LogP contribution >= 0.6 is 11.8 Å². The smallest absolute Gasteiger partial charge is 0.139 e. The van der Waals surface area contributed by atoms with Gasteiger partial charge in [-0.15, -0.1) is 11.8 Å². The van der Waals surface area contributed by atoms with Gasteiger partial charge in [0, 0.05) is 29.3 Å². The molecule has 1 N–H and O–H groups in total. The molecule has 1 fully saturated rings. The quantitative estimate of drug-likeness (QED) is 0.642. The van der Waals surface area contributed by atoms with Crippen LogP contribution in [-0.4, -0.2) is 18.3 Å². The van der Waals surface area contributed by atoms with E-state index >= 15 is 0 Å². The summed E-state index contributed by atoms with van der Waals surface area (Å²) in [6.07, 6.45) is 5.20. The van der Waals surface area contributed by atoms with Gasteiger partial charge in [-0.1, -0.05) is 19.8 Å². The Hall–Kier alpha value is -0.610. The second kappa shape index (κ2) is 7.25. The molecule has 0 amide bonds. The maximum Gasteiger partial charge on any atom is 0.139 e. The molecule has 1 nitrogen and oxygen atoms in total. The normalized spacial score (nSPS) is 23.5. The lowest BCUT2D eigenvalue weighted by Crippen LogP contribution is -2.38. The molecule has 1 aromatic carbocycles. The first kappa shape index (κ1) is 14.8. The molecule has 2 unspecified atom stereocenters. The zero-order chi connectivity index (χ0) is 13.7. The van der Waals surface area contributed by atoms with Crippen molar-refractivity contribution in [2.75, 3.05) is 12.3 Å². The molecule has 4 heteroatoms. The Morgan fingerprint density at radius 2 is 2.05 bits per heavy atom. The highest BCUT2D eigenvalue weighted by Crippen LogP contribution is 2.24. The maximum absolute atomic E-state index is 13.4. The van der Waals surface area contributed by atoms with Crippen molar-refractivity contribution in [2.45, 2.75) is 43.5 Å². The van der Waals surface area contributed by atoms with E-state index in [0.717, 1.165) is 24.3 Å². The zero-order valence-electron chi connectivity index (χ0n) is 11.3. The average Bonchev–Trinajstić information content (AvgIpc) is 2.38. The van der Waals surface area contributed by atoms with E-state index in [9.17, 15) is 8.78 Å². The van der Waals surface area contributed by atoms with E-state index in [4.69, 9.17) is 0 Å². The molecule has 106 valence electrons. The van der Waals surface area contributed by atoms with Crippen LogP contribution in [0.5, 0.6) is 0 Å². The molecule has 1 saturated carbocycles. The highest BCUT2D eigenvalue weighted by molar-refractivity contribution is 7.99. The number of benzene rings is 1. The van der Waals surface area contributed by atoms with Gasteiger partial charge in [-0.25, -0.2) is 8.78 Å². The van der Waals surface area contributed by atoms with Crippen molar-refractivity contribution in [1.82, 2.24) is 5.32 Å². The molecule has 0 bridgehead atoms. The number of nitrogens with one attached hydrogen (secondary N) is 1. The van der Waals surface area contributed by atoms with Crippen LogP contribution in [0.1, 0.15) is 32.6 Å². The Bertz CT molecular complexity index is 411. The van der Waals surface area contributed by atoms with Crippen LogP contribution in [0.2, 0.25) is 0 Å². The van der Waals surface area contributed by atoms with Crippen LogP contribution in [0.3, 0.4) is 0 Å². The van der Waals surface area contributed by atoms with Crippen LogP contribution in [0.15, 0.2) is 23.1 Å². The molecule has 19 heavy (non-hydrogen) atoms. The number of rotatable bonds is 5. The van der Waals surface area contributed by atoms with Crippen LogP contribution in [0.4, 0.5) is 8.78 Å². The first-order valence-electron chi connectivity index (χ1n) is 6.98. The van der Waals surface area contributed by atoms with Gasteiger partial charge in [0.1, 0.15) is 11.6 Å². The standard InChI is InChI=1S/C15H21F2NS/c1-11-4-2-3-5-14(11)18-8-9-19-15-7-6-12(16)10-13(15)17/h6-7,10-11,14,18H,2-5,8-9H2,1H3. The monoisotopic (exact) mass is 285 g/mol. The summed E-state index contributed by atoms with van der Waals surface area (Å²) in [4.78, 5) is 0.528. The van der Waals surface area contributed by atoms with E-state index in [1.54, 1.807) is 0 Å². The second-order valence-electron chi connectivity index (χ2n) is 5.25. The molecular weight excluding hydrogens is 264 g/mol. The van der Waals surface area contributed by atoms with E-state index in [0.29, 0.717) is 10.9 Å². The van der Waals surface area contributed by atoms with Crippen molar-refractivity contribution in [3.8, 4) is 0 Å². The Morgan fingerprint density at radius 1 is 1.26 bits per heavy atom. The number of thioether (sulfide) groups is 1. The highest BCUT2D eigenvalue weighted by atomic mass is 32.2. The van der Waals surface area contributed by atoms with Gasteiger partial charge in [-0.3, -0.25) is 0 Å². The maximum atomic E-state index is 13.4. The molecule has 0 aromatic heterocycles. The minimum Gasteiger partial charge on any atom is -0.313 e.